The first-order chi connectivity index (χ1) is 7.64. The van der Waals surface area contributed by atoms with Gasteiger partial charge in [-0.25, -0.2) is 13.1 Å². The predicted octanol–water partition coefficient (Wildman–Crippen LogP) is 0.715. The van der Waals surface area contributed by atoms with E-state index in [1.54, 1.807) is 6.92 Å². The van der Waals surface area contributed by atoms with Gasteiger partial charge in [0.15, 0.2) is 0 Å². The molecule has 4 nitrogen and oxygen atoms in total. The Hall–Kier alpha value is -0.910. The topological polar surface area (TPSA) is 58.2 Å². The molecule has 16 heavy (non-hydrogen) atoms. The number of sulfonamides is 1. The van der Waals surface area contributed by atoms with Gasteiger partial charge in [0.1, 0.15) is 0 Å². The zero-order chi connectivity index (χ0) is 11.9. The Morgan fingerprint density at radius 1 is 1.12 bits per heavy atom. The van der Waals surface area contributed by atoms with E-state index in [2.05, 4.69) is 10.0 Å². The van der Waals surface area contributed by atoms with Crippen molar-refractivity contribution >= 4 is 10.0 Å². The smallest absolute Gasteiger partial charge is 0.211 e. The van der Waals surface area contributed by atoms with Gasteiger partial charge >= 0.3 is 0 Å². The maximum Gasteiger partial charge on any atom is 0.211 e. The molecule has 0 bridgehead atoms. The quantitative estimate of drug-likeness (QED) is 0.693. The molecular formula is C11H18N2O2S. The van der Waals surface area contributed by atoms with Crippen molar-refractivity contribution in [1.82, 2.24) is 10.0 Å². The molecular weight excluding hydrogens is 224 g/mol. The van der Waals surface area contributed by atoms with Crippen LogP contribution in [0.25, 0.3) is 0 Å². The summed E-state index contributed by atoms with van der Waals surface area (Å²) in [6, 6.07) is 10.00. The standard InChI is InChI=1S/C11H18N2O2S/c1-2-16(14,15)13-9-8-12-10-11-6-4-3-5-7-11/h3-7,12-13H,2,8-10H2,1H3. The molecule has 0 aromatic heterocycles. The van der Waals surface area contributed by atoms with E-state index >= 15 is 0 Å². The van der Waals surface area contributed by atoms with Gasteiger partial charge in [0.05, 0.1) is 5.75 Å². The molecule has 0 spiro atoms. The van der Waals surface area contributed by atoms with Gasteiger partial charge in [-0.2, -0.15) is 0 Å². The van der Waals surface area contributed by atoms with Crippen molar-refractivity contribution in [3.05, 3.63) is 35.9 Å². The molecule has 0 amide bonds. The summed E-state index contributed by atoms with van der Waals surface area (Å²) in [5.41, 5.74) is 1.20. The minimum atomic E-state index is -3.05. The summed E-state index contributed by atoms with van der Waals surface area (Å²) in [6.45, 7) is 3.45. The Labute approximate surface area is 97.1 Å². The Morgan fingerprint density at radius 3 is 2.44 bits per heavy atom. The van der Waals surface area contributed by atoms with Gasteiger partial charge < -0.3 is 5.32 Å². The second-order valence-corrected chi connectivity index (χ2v) is 5.56. The van der Waals surface area contributed by atoms with Gasteiger partial charge in [-0.1, -0.05) is 30.3 Å². The second kappa shape index (κ2) is 6.62. The Kier molecular flexibility index (Phi) is 5.45. The molecule has 0 saturated heterocycles. The Bertz CT molecular complexity index is 390. The summed E-state index contributed by atoms with van der Waals surface area (Å²) in [5, 5.41) is 3.17. The van der Waals surface area contributed by atoms with Crippen LogP contribution in [-0.2, 0) is 16.6 Å². The molecule has 1 rings (SSSR count). The van der Waals surface area contributed by atoms with Gasteiger partial charge in [0.2, 0.25) is 10.0 Å². The van der Waals surface area contributed by atoms with Gasteiger partial charge in [-0.05, 0) is 12.5 Å². The molecule has 0 aliphatic rings. The first kappa shape index (κ1) is 13.2. The third-order valence-corrected chi connectivity index (χ3v) is 3.58. The number of benzene rings is 1. The van der Waals surface area contributed by atoms with Crippen LogP contribution in [-0.4, -0.2) is 27.3 Å². The normalized spacial score (nSPS) is 11.6. The molecule has 0 fully saturated rings. The predicted molar refractivity (Wildman–Crippen MR) is 65.6 cm³/mol. The first-order valence-corrected chi connectivity index (χ1v) is 7.01. The molecule has 5 heteroatoms. The van der Waals surface area contributed by atoms with Gasteiger partial charge in [0, 0.05) is 19.6 Å². The summed E-state index contributed by atoms with van der Waals surface area (Å²) in [4.78, 5) is 0. The largest absolute Gasteiger partial charge is 0.311 e. The molecule has 0 aliphatic carbocycles. The van der Waals surface area contributed by atoms with E-state index in [4.69, 9.17) is 0 Å². The average molecular weight is 242 g/mol. The van der Waals surface area contributed by atoms with Crippen LogP contribution in [0.4, 0.5) is 0 Å². The minimum Gasteiger partial charge on any atom is -0.311 e. The summed E-state index contributed by atoms with van der Waals surface area (Å²) in [7, 11) is -3.05. The van der Waals surface area contributed by atoms with Crippen LogP contribution in [0.15, 0.2) is 30.3 Å². The fourth-order valence-electron chi connectivity index (χ4n) is 1.23. The van der Waals surface area contributed by atoms with Crippen molar-refractivity contribution in [2.24, 2.45) is 0 Å². The van der Waals surface area contributed by atoms with Crippen molar-refractivity contribution in [2.75, 3.05) is 18.8 Å². The van der Waals surface area contributed by atoms with Gasteiger partial charge in [-0.15, -0.1) is 0 Å². The van der Waals surface area contributed by atoms with Crippen LogP contribution in [0.3, 0.4) is 0 Å². The molecule has 0 saturated carbocycles. The van der Waals surface area contributed by atoms with E-state index < -0.39 is 10.0 Å². The zero-order valence-electron chi connectivity index (χ0n) is 9.44. The monoisotopic (exact) mass is 242 g/mol. The van der Waals surface area contributed by atoms with Gasteiger partial charge in [0.25, 0.3) is 0 Å². The highest BCUT2D eigenvalue weighted by molar-refractivity contribution is 7.89. The van der Waals surface area contributed by atoms with E-state index in [0.717, 1.165) is 6.54 Å². The van der Waals surface area contributed by atoms with Crippen LogP contribution < -0.4 is 10.0 Å². The first-order valence-electron chi connectivity index (χ1n) is 5.36. The maximum absolute atomic E-state index is 11.1. The van der Waals surface area contributed by atoms with Crippen molar-refractivity contribution in [1.29, 1.82) is 0 Å². The third kappa shape index (κ3) is 5.25. The fourth-order valence-corrected chi connectivity index (χ4v) is 1.84. The summed E-state index contributed by atoms with van der Waals surface area (Å²) in [6.07, 6.45) is 0. The van der Waals surface area contributed by atoms with Crippen molar-refractivity contribution in [3.63, 3.8) is 0 Å². The molecule has 0 heterocycles. The SMILES string of the molecule is CCS(=O)(=O)NCCNCc1ccccc1. The van der Waals surface area contributed by atoms with E-state index in [-0.39, 0.29) is 5.75 Å². The van der Waals surface area contributed by atoms with Crippen LogP contribution in [0.2, 0.25) is 0 Å². The van der Waals surface area contributed by atoms with Crippen LogP contribution >= 0.6 is 0 Å². The average Bonchev–Trinajstić information content (AvgIpc) is 2.30. The third-order valence-electron chi connectivity index (χ3n) is 2.18. The summed E-state index contributed by atoms with van der Waals surface area (Å²) in [5.74, 6) is 0.131. The van der Waals surface area contributed by atoms with Crippen LogP contribution in [0.5, 0.6) is 0 Å². The van der Waals surface area contributed by atoms with Crippen LogP contribution in [0.1, 0.15) is 12.5 Å². The summed E-state index contributed by atoms with van der Waals surface area (Å²) < 4.78 is 24.7. The number of nitrogens with one attached hydrogen (secondary N) is 2. The van der Waals surface area contributed by atoms with Crippen molar-refractivity contribution < 1.29 is 8.42 Å². The molecule has 2 N–H and O–H groups in total. The van der Waals surface area contributed by atoms with E-state index in [9.17, 15) is 8.42 Å². The van der Waals surface area contributed by atoms with E-state index in [1.807, 2.05) is 30.3 Å². The number of hydrogen-bond donors (Lipinski definition) is 2. The minimum absolute atomic E-state index is 0.131. The molecule has 1 aromatic rings. The highest BCUT2D eigenvalue weighted by atomic mass is 32.2. The second-order valence-electron chi connectivity index (χ2n) is 3.46. The van der Waals surface area contributed by atoms with E-state index in [0.29, 0.717) is 13.1 Å². The Balaban J connectivity index is 2.14. The molecule has 0 radical (unpaired) electrons. The molecule has 0 unspecified atom stereocenters. The molecule has 90 valence electrons. The fraction of sp³-hybridized carbons (Fsp3) is 0.455. The lowest BCUT2D eigenvalue weighted by Crippen LogP contribution is -2.32. The molecule has 1 aromatic carbocycles. The van der Waals surface area contributed by atoms with Crippen LogP contribution in [0, 0.1) is 0 Å². The lowest BCUT2D eigenvalue weighted by atomic mass is 10.2. The Morgan fingerprint density at radius 2 is 1.81 bits per heavy atom. The lowest BCUT2D eigenvalue weighted by molar-refractivity contribution is 0.577. The summed E-state index contributed by atoms with van der Waals surface area (Å²) >= 11 is 0. The maximum atomic E-state index is 11.1. The van der Waals surface area contributed by atoms with Crippen molar-refractivity contribution in [2.45, 2.75) is 13.5 Å². The van der Waals surface area contributed by atoms with E-state index in [1.165, 1.54) is 5.56 Å². The molecule has 0 aliphatic heterocycles. The lowest BCUT2D eigenvalue weighted by Gasteiger charge is -2.06. The number of rotatable bonds is 7. The highest BCUT2D eigenvalue weighted by Crippen LogP contribution is 1.96. The highest BCUT2D eigenvalue weighted by Gasteiger charge is 2.03. The molecule has 0 atom stereocenters. The zero-order valence-corrected chi connectivity index (χ0v) is 10.3. The van der Waals surface area contributed by atoms with Crippen molar-refractivity contribution in [3.8, 4) is 0 Å². The number of hydrogen-bond acceptors (Lipinski definition) is 3. The van der Waals surface area contributed by atoms with Gasteiger partial charge in [-0.3, -0.25) is 0 Å².